The van der Waals surface area contributed by atoms with E-state index in [9.17, 15) is 4.79 Å². The fourth-order valence-corrected chi connectivity index (χ4v) is 3.36. The van der Waals surface area contributed by atoms with Crippen LogP contribution < -0.4 is 11.1 Å². The molecule has 2 unspecified atom stereocenters. The highest BCUT2D eigenvalue weighted by molar-refractivity contribution is 8.00. The van der Waals surface area contributed by atoms with Crippen molar-refractivity contribution in [2.75, 3.05) is 6.54 Å². The quantitative estimate of drug-likeness (QED) is 0.643. The van der Waals surface area contributed by atoms with Crippen molar-refractivity contribution in [3.8, 4) is 0 Å². The Labute approximate surface area is 117 Å². The van der Waals surface area contributed by atoms with Gasteiger partial charge in [0.2, 0.25) is 0 Å². The fraction of sp³-hybridized carbons (Fsp3) is 0.929. The van der Waals surface area contributed by atoms with Crippen LogP contribution in [0.1, 0.15) is 53.9 Å². The zero-order chi connectivity index (χ0) is 14.1. The number of rotatable bonds is 10. The molecule has 0 heterocycles. The van der Waals surface area contributed by atoms with Crippen LogP contribution >= 0.6 is 11.8 Å². The molecule has 0 rings (SSSR count). The number of nitrogens with two attached hydrogens (primary N) is 1. The van der Waals surface area contributed by atoms with Crippen LogP contribution in [-0.4, -0.2) is 34.9 Å². The molecule has 4 heteroatoms. The van der Waals surface area contributed by atoms with Gasteiger partial charge in [-0.1, -0.05) is 34.6 Å². The van der Waals surface area contributed by atoms with Gasteiger partial charge in [0.1, 0.15) is 5.78 Å². The number of hydrogen-bond acceptors (Lipinski definition) is 4. The highest BCUT2D eigenvalue weighted by atomic mass is 32.2. The van der Waals surface area contributed by atoms with E-state index in [1.165, 1.54) is 0 Å². The predicted molar refractivity (Wildman–Crippen MR) is 82.2 cm³/mol. The van der Waals surface area contributed by atoms with E-state index in [4.69, 9.17) is 5.73 Å². The predicted octanol–water partition coefficient (Wildman–Crippen LogP) is 2.58. The molecule has 0 aromatic heterocycles. The van der Waals surface area contributed by atoms with Crippen LogP contribution in [0.3, 0.4) is 0 Å². The average Bonchev–Trinajstić information content (AvgIpc) is 2.26. The van der Waals surface area contributed by atoms with E-state index in [1.54, 1.807) is 0 Å². The van der Waals surface area contributed by atoms with Gasteiger partial charge in [0.15, 0.2) is 0 Å². The molecule has 0 saturated heterocycles. The van der Waals surface area contributed by atoms with Crippen molar-refractivity contribution < 1.29 is 4.79 Å². The van der Waals surface area contributed by atoms with Gasteiger partial charge in [0.25, 0.3) is 0 Å². The zero-order valence-electron chi connectivity index (χ0n) is 12.5. The Hall–Kier alpha value is -0.0600. The van der Waals surface area contributed by atoms with Gasteiger partial charge in [0.05, 0.1) is 6.04 Å². The molecule has 0 saturated carbocycles. The van der Waals surface area contributed by atoms with Crippen LogP contribution in [0.2, 0.25) is 0 Å². The molecule has 0 radical (unpaired) electrons. The summed E-state index contributed by atoms with van der Waals surface area (Å²) in [5.41, 5.74) is 5.67. The highest BCUT2D eigenvalue weighted by Gasteiger charge is 2.22. The van der Waals surface area contributed by atoms with Crippen molar-refractivity contribution in [2.45, 2.75) is 76.5 Å². The molecule has 0 fully saturated rings. The molecule has 0 aliphatic rings. The summed E-state index contributed by atoms with van der Waals surface area (Å²) in [5.74, 6) is 0.315. The minimum absolute atomic E-state index is 0.0159. The number of carbonyl (C=O) groups excluding carboxylic acids is 1. The summed E-state index contributed by atoms with van der Waals surface area (Å²) in [6, 6.07) is 0.325. The molecular weight excluding hydrogens is 244 g/mol. The van der Waals surface area contributed by atoms with E-state index in [0.29, 0.717) is 35.3 Å². The minimum Gasteiger partial charge on any atom is -0.330 e. The summed E-state index contributed by atoms with van der Waals surface area (Å²) in [7, 11) is 0. The molecule has 2 atom stereocenters. The van der Waals surface area contributed by atoms with E-state index < -0.39 is 0 Å². The molecule has 0 aliphatic carbocycles. The summed E-state index contributed by atoms with van der Waals surface area (Å²) < 4.78 is 0. The number of Topliss-reactive ketones (excluding diaryl/α,β-unsaturated/α-hetero) is 1. The number of ketones is 1. The van der Waals surface area contributed by atoms with Gasteiger partial charge in [-0.2, -0.15) is 11.8 Å². The Kier molecular flexibility index (Phi) is 9.78. The van der Waals surface area contributed by atoms with Crippen LogP contribution in [0.15, 0.2) is 0 Å². The zero-order valence-corrected chi connectivity index (χ0v) is 13.3. The second-order valence-electron chi connectivity index (χ2n) is 5.31. The van der Waals surface area contributed by atoms with Crippen molar-refractivity contribution in [1.82, 2.24) is 5.32 Å². The van der Waals surface area contributed by atoms with Crippen LogP contribution in [0.25, 0.3) is 0 Å². The van der Waals surface area contributed by atoms with E-state index in [-0.39, 0.29) is 6.04 Å². The first-order valence-corrected chi connectivity index (χ1v) is 7.99. The summed E-state index contributed by atoms with van der Waals surface area (Å²) >= 11 is 1.94. The Bertz CT molecular complexity index is 232. The van der Waals surface area contributed by atoms with Gasteiger partial charge in [0, 0.05) is 17.7 Å². The maximum absolute atomic E-state index is 12.0. The van der Waals surface area contributed by atoms with Gasteiger partial charge in [-0.25, -0.2) is 0 Å². The van der Waals surface area contributed by atoms with Gasteiger partial charge in [-0.15, -0.1) is 0 Å². The topological polar surface area (TPSA) is 55.1 Å². The summed E-state index contributed by atoms with van der Waals surface area (Å²) in [6.07, 6.45) is 2.48. The van der Waals surface area contributed by atoms with Gasteiger partial charge in [-0.3, -0.25) is 4.79 Å². The van der Waals surface area contributed by atoms with Gasteiger partial charge >= 0.3 is 0 Å². The first kappa shape index (κ1) is 17.9. The SMILES string of the molecule is CCC(=O)C(CC(CCN)SC(C)C)NC(C)C. The summed E-state index contributed by atoms with van der Waals surface area (Å²) in [6.45, 7) is 11.2. The third-order valence-electron chi connectivity index (χ3n) is 2.72. The van der Waals surface area contributed by atoms with E-state index >= 15 is 0 Å². The first-order chi connectivity index (χ1) is 8.40. The van der Waals surface area contributed by atoms with Crippen LogP contribution in [0.4, 0.5) is 0 Å². The molecule has 108 valence electrons. The lowest BCUT2D eigenvalue weighted by atomic mass is 10.0. The first-order valence-electron chi connectivity index (χ1n) is 7.04. The molecule has 0 aromatic carbocycles. The maximum atomic E-state index is 12.0. The Morgan fingerprint density at radius 3 is 2.28 bits per heavy atom. The smallest absolute Gasteiger partial charge is 0.149 e. The van der Waals surface area contributed by atoms with E-state index in [0.717, 1.165) is 12.8 Å². The number of thioether (sulfide) groups is 1. The van der Waals surface area contributed by atoms with Crippen LogP contribution in [0.5, 0.6) is 0 Å². The van der Waals surface area contributed by atoms with E-state index in [1.807, 2.05) is 18.7 Å². The lowest BCUT2D eigenvalue weighted by Crippen LogP contribution is -2.42. The monoisotopic (exact) mass is 274 g/mol. The molecule has 0 spiro atoms. The Morgan fingerprint density at radius 1 is 1.28 bits per heavy atom. The summed E-state index contributed by atoms with van der Waals surface area (Å²) in [5, 5.41) is 4.44. The summed E-state index contributed by atoms with van der Waals surface area (Å²) in [4.78, 5) is 12.0. The molecule has 0 bridgehead atoms. The van der Waals surface area contributed by atoms with Gasteiger partial charge in [-0.05, 0) is 24.6 Å². The second-order valence-corrected chi connectivity index (χ2v) is 7.20. The molecule has 0 aromatic rings. The molecule has 0 aliphatic heterocycles. The lowest BCUT2D eigenvalue weighted by molar-refractivity contribution is -0.121. The molecule has 18 heavy (non-hydrogen) atoms. The molecule has 3 N–H and O–H groups in total. The average molecular weight is 274 g/mol. The standard InChI is InChI=1S/C14H30N2OS/c1-6-14(17)13(16-10(2)3)9-12(7-8-15)18-11(4)5/h10-13,16H,6-9,15H2,1-5H3. The molecular formula is C14H30N2OS. The van der Waals surface area contributed by atoms with Crippen molar-refractivity contribution in [3.05, 3.63) is 0 Å². The van der Waals surface area contributed by atoms with Crippen molar-refractivity contribution in [1.29, 1.82) is 0 Å². The number of nitrogens with one attached hydrogen (secondary N) is 1. The number of hydrogen-bond donors (Lipinski definition) is 2. The van der Waals surface area contributed by atoms with Crippen molar-refractivity contribution in [3.63, 3.8) is 0 Å². The third-order valence-corrected chi connectivity index (χ3v) is 4.08. The highest BCUT2D eigenvalue weighted by Crippen LogP contribution is 2.24. The van der Waals surface area contributed by atoms with Crippen LogP contribution in [-0.2, 0) is 4.79 Å². The van der Waals surface area contributed by atoms with Crippen molar-refractivity contribution in [2.24, 2.45) is 5.73 Å². The lowest BCUT2D eigenvalue weighted by Gasteiger charge is -2.25. The molecule has 0 amide bonds. The molecule has 3 nitrogen and oxygen atoms in total. The normalized spacial score (nSPS) is 15.1. The second kappa shape index (κ2) is 9.82. The largest absolute Gasteiger partial charge is 0.330 e. The minimum atomic E-state index is -0.0159. The Balaban J connectivity index is 4.52. The van der Waals surface area contributed by atoms with Crippen LogP contribution in [0, 0.1) is 0 Å². The van der Waals surface area contributed by atoms with Gasteiger partial charge < -0.3 is 11.1 Å². The Morgan fingerprint density at radius 2 is 1.89 bits per heavy atom. The van der Waals surface area contributed by atoms with Crippen molar-refractivity contribution >= 4 is 17.5 Å². The fourth-order valence-electron chi connectivity index (χ4n) is 2.02. The number of carbonyl (C=O) groups is 1. The van der Waals surface area contributed by atoms with E-state index in [2.05, 4.69) is 33.0 Å². The maximum Gasteiger partial charge on any atom is 0.149 e. The third kappa shape index (κ3) is 8.11.